The third kappa shape index (κ3) is 9.49. The molecular weight excluding hydrogens is 712 g/mol. The number of hydrogen-bond donors (Lipinski definition) is 2. The van der Waals surface area contributed by atoms with E-state index < -0.39 is 0 Å². The summed E-state index contributed by atoms with van der Waals surface area (Å²) in [5, 5.41) is 19.7. The van der Waals surface area contributed by atoms with Crippen molar-refractivity contribution < 1.29 is 19.3 Å². The Morgan fingerprint density at radius 2 is 1.75 bits per heavy atom. The first-order valence-corrected chi connectivity index (χ1v) is 19.6. The van der Waals surface area contributed by atoms with Gasteiger partial charge in [0.1, 0.15) is 42.4 Å². The van der Waals surface area contributed by atoms with E-state index in [9.17, 15) is 10.4 Å². The molecule has 2 fully saturated rings. The number of piperidine rings is 1. The predicted octanol–water partition coefficient (Wildman–Crippen LogP) is 8.33. The van der Waals surface area contributed by atoms with Gasteiger partial charge in [0.2, 0.25) is 0 Å². The van der Waals surface area contributed by atoms with Gasteiger partial charge in [0, 0.05) is 68.2 Å². The van der Waals surface area contributed by atoms with Crippen molar-refractivity contribution in [2.24, 2.45) is 0 Å². The molecule has 2 aliphatic rings. The van der Waals surface area contributed by atoms with Gasteiger partial charge in [-0.1, -0.05) is 48.4 Å². The molecule has 3 aromatic carbocycles. The number of imidazole rings is 1. The second-order valence-electron chi connectivity index (χ2n) is 14.6. The zero-order valence-corrected chi connectivity index (χ0v) is 32.4. The van der Waals surface area contributed by atoms with E-state index >= 15 is 0 Å². The van der Waals surface area contributed by atoms with Crippen molar-refractivity contribution in [3.8, 4) is 34.4 Å². The van der Waals surface area contributed by atoms with Crippen molar-refractivity contribution >= 4 is 11.6 Å². The summed E-state index contributed by atoms with van der Waals surface area (Å²) in [4.78, 5) is 16.8. The number of aliphatic hydroxyl groups is 1. The first kappa shape index (κ1) is 38.4. The molecule has 11 heteroatoms. The van der Waals surface area contributed by atoms with Crippen LogP contribution in [0.15, 0.2) is 79.4 Å². The summed E-state index contributed by atoms with van der Waals surface area (Å²) < 4.78 is 19.2. The molecule has 286 valence electrons. The number of aromatic nitrogens is 3. The minimum Gasteiger partial charge on any atom is -0.493 e. The Morgan fingerprint density at radius 3 is 2.55 bits per heavy atom. The van der Waals surface area contributed by atoms with Gasteiger partial charge in [0.05, 0.1) is 29.3 Å². The van der Waals surface area contributed by atoms with Crippen molar-refractivity contribution in [2.45, 2.75) is 77.9 Å². The van der Waals surface area contributed by atoms with Crippen LogP contribution in [0.2, 0.25) is 5.02 Å². The molecule has 10 nitrogen and oxygen atoms in total. The Balaban J connectivity index is 1.08. The number of H-pyrrole nitrogens is 1. The summed E-state index contributed by atoms with van der Waals surface area (Å²) in [7, 11) is 0. The first-order chi connectivity index (χ1) is 26.9. The summed E-state index contributed by atoms with van der Waals surface area (Å²) in [6, 6.07) is 20.5. The molecule has 55 heavy (non-hydrogen) atoms. The van der Waals surface area contributed by atoms with Crippen LogP contribution in [0.5, 0.6) is 17.2 Å². The third-order valence-corrected chi connectivity index (χ3v) is 11.1. The Hall–Kier alpha value is -4.92. The summed E-state index contributed by atoms with van der Waals surface area (Å²) in [6.45, 7) is 9.61. The third-order valence-electron chi connectivity index (χ3n) is 10.8. The maximum absolute atomic E-state index is 9.82. The molecule has 0 saturated carbocycles. The van der Waals surface area contributed by atoms with E-state index in [1.807, 2.05) is 30.5 Å². The molecule has 2 saturated heterocycles. The molecule has 0 radical (unpaired) electrons. The van der Waals surface area contributed by atoms with Crippen molar-refractivity contribution in [1.82, 2.24) is 24.8 Å². The number of ether oxygens (including phenoxy) is 3. The van der Waals surface area contributed by atoms with Crippen LogP contribution in [-0.2, 0) is 19.8 Å². The van der Waals surface area contributed by atoms with E-state index in [1.165, 1.54) is 0 Å². The molecule has 4 heterocycles. The summed E-state index contributed by atoms with van der Waals surface area (Å²) in [6.07, 6.45) is 11.8. The fourth-order valence-corrected chi connectivity index (χ4v) is 7.98. The lowest BCUT2D eigenvalue weighted by molar-refractivity contribution is 0.132. The second-order valence-corrected chi connectivity index (χ2v) is 15.0. The van der Waals surface area contributed by atoms with Crippen molar-refractivity contribution in [3.63, 3.8) is 0 Å². The van der Waals surface area contributed by atoms with Gasteiger partial charge in [-0.2, -0.15) is 5.26 Å². The standard InChI is InChI=1S/C44H49ClN6O4/c1-30-34(8-5-9-37(30)38-10-6-12-41(31(38)2)53-19-7-16-50-18-13-36(52)27-50)29-55-43-22-42(54-28-33-20-32(23-46)24-47-25-33)35(21-39(43)45)26-51-17-4-3-11-40(51)44-48-14-15-49-44/h5-6,8-10,12,14-15,20-22,24-25,36,40,52H,3-4,7,11,13,16-19,26-29H2,1-2H3,(H,48,49). The highest BCUT2D eigenvalue weighted by atomic mass is 35.5. The van der Waals surface area contributed by atoms with E-state index in [1.54, 1.807) is 24.7 Å². The molecular formula is C44H49ClN6O4. The average molecular weight is 761 g/mol. The highest BCUT2D eigenvalue weighted by Gasteiger charge is 2.27. The number of aromatic amines is 1. The van der Waals surface area contributed by atoms with Crippen LogP contribution in [0.3, 0.4) is 0 Å². The number of nitrogens with zero attached hydrogens (tertiary/aromatic N) is 5. The highest BCUT2D eigenvalue weighted by Crippen LogP contribution is 2.39. The zero-order valence-electron chi connectivity index (χ0n) is 31.6. The lowest BCUT2D eigenvalue weighted by Crippen LogP contribution is -2.33. The molecule has 5 aromatic rings. The van der Waals surface area contributed by atoms with Crippen molar-refractivity contribution in [3.05, 3.63) is 124 Å². The maximum Gasteiger partial charge on any atom is 0.142 e. The van der Waals surface area contributed by atoms with E-state index in [-0.39, 0.29) is 18.8 Å². The number of β-amino-alcohol motifs (C(OH)–C–C–N with tert-alkyl or cyclic N) is 1. The number of rotatable bonds is 15. The van der Waals surface area contributed by atoms with E-state index in [0.29, 0.717) is 41.8 Å². The summed E-state index contributed by atoms with van der Waals surface area (Å²) in [5.41, 5.74) is 7.75. The molecule has 0 amide bonds. The van der Waals surface area contributed by atoms with Gasteiger partial charge < -0.3 is 29.2 Å². The number of benzene rings is 3. The van der Waals surface area contributed by atoms with Crippen LogP contribution in [0, 0.1) is 25.2 Å². The van der Waals surface area contributed by atoms with Gasteiger partial charge in [-0.25, -0.2) is 4.98 Å². The van der Waals surface area contributed by atoms with Gasteiger partial charge in [0.15, 0.2) is 0 Å². The van der Waals surface area contributed by atoms with Gasteiger partial charge in [-0.3, -0.25) is 9.88 Å². The molecule has 2 unspecified atom stereocenters. The van der Waals surface area contributed by atoms with Crippen LogP contribution >= 0.6 is 11.6 Å². The lowest BCUT2D eigenvalue weighted by Gasteiger charge is -2.35. The van der Waals surface area contributed by atoms with Crippen molar-refractivity contribution in [2.75, 3.05) is 32.8 Å². The number of halogens is 1. The Morgan fingerprint density at radius 1 is 0.909 bits per heavy atom. The highest BCUT2D eigenvalue weighted by molar-refractivity contribution is 6.32. The zero-order chi connectivity index (χ0) is 38.1. The van der Waals surface area contributed by atoms with E-state index in [0.717, 1.165) is 109 Å². The minimum atomic E-state index is -0.201. The topological polar surface area (TPSA) is 120 Å². The minimum absolute atomic E-state index is 0.171. The van der Waals surface area contributed by atoms with Crippen LogP contribution in [-0.4, -0.2) is 68.7 Å². The molecule has 7 rings (SSSR count). The predicted molar refractivity (Wildman–Crippen MR) is 213 cm³/mol. The van der Waals surface area contributed by atoms with Crippen LogP contribution in [0.4, 0.5) is 0 Å². The van der Waals surface area contributed by atoms with E-state index in [4.69, 9.17) is 25.8 Å². The van der Waals surface area contributed by atoms with E-state index in [2.05, 4.69) is 68.9 Å². The number of nitriles is 1. The van der Waals surface area contributed by atoms with Crippen LogP contribution in [0.25, 0.3) is 11.1 Å². The van der Waals surface area contributed by atoms with Gasteiger partial charge in [-0.15, -0.1) is 0 Å². The second kappa shape index (κ2) is 18.1. The largest absolute Gasteiger partial charge is 0.493 e. The lowest BCUT2D eigenvalue weighted by atomic mass is 9.93. The fourth-order valence-electron chi connectivity index (χ4n) is 7.74. The fraction of sp³-hybridized carbons (Fsp3) is 0.386. The normalized spacial score (nSPS) is 17.6. The molecule has 0 spiro atoms. The summed E-state index contributed by atoms with van der Waals surface area (Å²) in [5.74, 6) is 3.05. The monoisotopic (exact) mass is 760 g/mol. The number of likely N-dealkylation sites (tertiary alicyclic amines) is 2. The quantitative estimate of drug-likeness (QED) is 0.102. The van der Waals surface area contributed by atoms with Gasteiger partial charge >= 0.3 is 0 Å². The number of nitrogens with one attached hydrogen (secondary N) is 1. The summed E-state index contributed by atoms with van der Waals surface area (Å²) >= 11 is 6.99. The average Bonchev–Trinajstić information content (AvgIpc) is 3.89. The van der Waals surface area contributed by atoms with Crippen LogP contribution < -0.4 is 14.2 Å². The Kier molecular flexibility index (Phi) is 12.7. The molecule has 2 aromatic heterocycles. The maximum atomic E-state index is 9.82. The SMILES string of the molecule is Cc1c(COc2cc(OCc3cncc(C#N)c3)c(CN3CCCCC3c3ncc[nH]3)cc2Cl)cccc1-c1cccc(OCCCN2CCC(O)C2)c1C. The van der Waals surface area contributed by atoms with Crippen LogP contribution in [0.1, 0.15) is 77.4 Å². The van der Waals surface area contributed by atoms with Gasteiger partial charge in [-0.05, 0) is 92.1 Å². The first-order valence-electron chi connectivity index (χ1n) is 19.2. The smallest absolute Gasteiger partial charge is 0.142 e. The number of aliphatic hydroxyl groups excluding tert-OH is 1. The molecule has 0 bridgehead atoms. The number of hydrogen-bond acceptors (Lipinski definition) is 9. The Bertz CT molecular complexity index is 2100. The van der Waals surface area contributed by atoms with Gasteiger partial charge in [0.25, 0.3) is 0 Å². The number of pyridine rings is 1. The molecule has 0 aliphatic carbocycles. The van der Waals surface area contributed by atoms with Crippen molar-refractivity contribution in [1.29, 1.82) is 5.26 Å². The Labute approximate surface area is 328 Å². The molecule has 2 N–H and O–H groups in total. The molecule has 2 aliphatic heterocycles. The molecule has 2 atom stereocenters.